The van der Waals surface area contributed by atoms with Crippen LogP contribution >= 0.6 is 0 Å². The van der Waals surface area contributed by atoms with Gasteiger partial charge in [-0.1, -0.05) is 5.16 Å². The molecule has 1 aromatic carbocycles. The molecule has 1 rings (SSSR count). The van der Waals surface area contributed by atoms with Crippen LogP contribution in [0.1, 0.15) is 16.8 Å². The standard InChI is InChI=1S/C11H12F3N3O2/c1-17(5-4-8(15)16-19)11(18)6-2-3-7(12)10(14)9(6)13/h2-3,19H,4-5H2,1H3,(H2,15,16). The molecule has 0 heterocycles. The summed E-state index contributed by atoms with van der Waals surface area (Å²) in [4.78, 5) is 12.8. The van der Waals surface area contributed by atoms with Crippen molar-refractivity contribution in [2.45, 2.75) is 6.42 Å². The van der Waals surface area contributed by atoms with Crippen molar-refractivity contribution in [3.63, 3.8) is 0 Å². The molecule has 1 aromatic rings. The van der Waals surface area contributed by atoms with Crippen molar-refractivity contribution in [2.75, 3.05) is 13.6 Å². The monoisotopic (exact) mass is 275 g/mol. The summed E-state index contributed by atoms with van der Waals surface area (Å²) in [5, 5.41) is 11.0. The minimum atomic E-state index is -1.70. The van der Waals surface area contributed by atoms with Crippen LogP contribution in [-0.2, 0) is 0 Å². The average molecular weight is 275 g/mol. The second kappa shape index (κ2) is 6.07. The third-order valence-corrected chi connectivity index (χ3v) is 2.44. The van der Waals surface area contributed by atoms with E-state index in [2.05, 4.69) is 5.16 Å². The van der Waals surface area contributed by atoms with E-state index in [1.807, 2.05) is 0 Å². The molecule has 0 radical (unpaired) electrons. The summed E-state index contributed by atoms with van der Waals surface area (Å²) in [6.45, 7) is 0.0349. The van der Waals surface area contributed by atoms with Crippen molar-refractivity contribution < 1.29 is 23.2 Å². The molecule has 0 aliphatic rings. The van der Waals surface area contributed by atoms with Gasteiger partial charge in [0.25, 0.3) is 5.91 Å². The summed E-state index contributed by atoms with van der Waals surface area (Å²) >= 11 is 0. The highest BCUT2D eigenvalue weighted by Crippen LogP contribution is 2.16. The minimum Gasteiger partial charge on any atom is -0.409 e. The number of carbonyl (C=O) groups excluding carboxylic acids is 1. The van der Waals surface area contributed by atoms with E-state index in [9.17, 15) is 18.0 Å². The molecule has 19 heavy (non-hydrogen) atoms. The van der Waals surface area contributed by atoms with Crippen LogP contribution in [0.2, 0.25) is 0 Å². The first-order valence-corrected chi connectivity index (χ1v) is 5.23. The Hall–Kier alpha value is -2.25. The lowest BCUT2D eigenvalue weighted by Crippen LogP contribution is -2.31. The highest BCUT2D eigenvalue weighted by molar-refractivity contribution is 5.94. The number of nitrogens with two attached hydrogens (primary N) is 1. The number of oxime groups is 1. The Morgan fingerprint density at radius 2 is 2.00 bits per heavy atom. The SMILES string of the molecule is CN(CCC(N)=NO)C(=O)c1ccc(F)c(F)c1F. The minimum absolute atomic E-state index is 0.0349. The number of halogens is 3. The molecule has 8 heteroatoms. The van der Waals surface area contributed by atoms with Crippen LogP contribution in [0.5, 0.6) is 0 Å². The first kappa shape index (κ1) is 14.8. The van der Waals surface area contributed by atoms with E-state index < -0.39 is 28.9 Å². The van der Waals surface area contributed by atoms with Crippen molar-refractivity contribution >= 4 is 11.7 Å². The highest BCUT2D eigenvalue weighted by atomic mass is 19.2. The van der Waals surface area contributed by atoms with Gasteiger partial charge in [0.1, 0.15) is 5.84 Å². The quantitative estimate of drug-likeness (QED) is 0.286. The van der Waals surface area contributed by atoms with E-state index in [-0.39, 0.29) is 18.8 Å². The summed E-state index contributed by atoms with van der Waals surface area (Å²) < 4.78 is 39.1. The van der Waals surface area contributed by atoms with Crippen LogP contribution in [0.3, 0.4) is 0 Å². The third kappa shape index (κ3) is 3.36. The molecular weight excluding hydrogens is 263 g/mol. The number of rotatable bonds is 4. The van der Waals surface area contributed by atoms with E-state index in [0.29, 0.717) is 6.07 Å². The van der Waals surface area contributed by atoms with Gasteiger partial charge in [0, 0.05) is 20.0 Å². The smallest absolute Gasteiger partial charge is 0.256 e. The van der Waals surface area contributed by atoms with Gasteiger partial charge in [-0.25, -0.2) is 13.2 Å². The molecule has 104 valence electrons. The summed E-state index contributed by atoms with van der Waals surface area (Å²) in [5.74, 6) is -5.54. The summed E-state index contributed by atoms with van der Waals surface area (Å²) in [6, 6.07) is 1.53. The number of hydrogen-bond acceptors (Lipinski definition) is 3. The lowest BCUT2D eigenvalue weighted by Gasteiger charge is -2.17. The summed E-state index contributed by atoms with van der Waals surface area (Å²) in [7, 11) is 1.33. The number of nitrogens with zero attached hydrogens (tertiary/aromatic N) is 2. The van der Waals surface area contributed by atoms with Gasteiger partial charge in [-0.15, -0.1) is 0 Å². The molecule has 0 saturated heterocycles. The topological polar surface area (TPSA) is 78.9 Å². The van der Waals surface area contributed by atoms with Gasteiger partial charge in [0.2, 0.25) is 0 Å². The Labute approximate surface area is 107 Å². The van der Waals surface area contributed by atoms with Gasteiger partial charge in [-0.3, -0.25) is 4.79 Å². The summed E-state index contributed by atoms with van der Waals surface area (Å²) in [6.07, 6.45) is 0.0596. The normalized spacial score (nSPS) is 11.5. The van der Waals surface area contributed by atoms with Crippen LogP contribution in [0, 0.1) is 17.5 Å². The molecule has 3 N–H and O–H groups in total. The van der Waals surface area contributed by atoms with Crippen LogP contribution in [0.25, 0.3) is 0 Å². The summed E-state index contributed by atoms with van der Waals surface area (Å²) in [5.41, 5.74) is 4.63. The van der Waals surface area contributed by atoms with Gasteiger partial charge >= 0.3 is 0 Å². The zero-order valence-electron chi connectivity index (χ0n) is 10.0. The van der Waals surface area contributed by atoms with Crippen LogP contribution < -0.4 is 5.73 Å². The maximum Gasteiger partial charge on any atom is 0.256 e. The maximum atomic E-state index is 13.4. The zero-order valence-corrected chi connectivity index (χ0v) is 10.0. The maximum absolute atomic E-state index is 13.4. The van der Waals surface area contributed by atoms with Gasteiger partial charge < -0.3 is 15.8 Å². The molecule has 0 saturated carbocycles. The highest BCUT2D eigenvalue weighted by Gasteiger charge is 2.21. The Bertz CT molecular complexity index is 520. The Kier molecular flexibility index (Phi) is 4.74. The first-order valence-electron chi connectivity index (χ1n) is 5.23. The molecule has 0 unspecified atom stereocenters. The van der Waals surface area contributed by atoms with Gasteiger partial charge in [0.05, 0.1) is 5.56 Å². The molecule has 0 spiro atoms. The molecule has 0 fully saturated rings. The molecule has 0 aromatic heterocycles. The van der Waals surface area contributed by atoms with Crippen LogP contribution in [0.4, 0.5) is 13.2 Å². The number of amidine groups is 1. The Morgan fingerprint density at radius 3 is 2.58 bits per heavy atom. The number of hydrogen-bond donors (Lipinski definition) is 2. The molecule has 1 amide bonds. The Morgan fingerprint density at radius 1 is 1.37 bits per heavy atom. The van der Waals surface area contributed by atoms with Crippen LogP contribution in [-0.4, -0.2) is 35.4 Å². The number of benzene rings is 1. The lowest BCUT2D eigenvalue weighted by molar-refractivity contribution is 0.0792. The van der Waals surface area contributed by atoms with Crippen molar-refractivity contribution in [3.05, 3.63) is 35.1 Å². The zero-order chi connectivity index (χ0) is 14.6. The van der Waals surface area contributed by atoms with Gasteiger partial charge in [-0.2, -0.15) is 0 Å². The fourth-order valence-electron chi connectivity index (χ4n) is 1.33. The average Bonchev–Trinajstić information content (AvgIpc) is 2.41. The third-order valence-electron chi connectivity index (χ3n) is 2.44. The second-order valence-corrected chi connectivity index (χ2v) is 3.79. The van der Waals surface area contributed by atoms with Crippen LogP contribution in [0.15, 0.2) is 17.3 Å². The van der Waals surface area contributed by atoms with Gasteiger partial charge in [0.15, 0.2) is 17.5 Å². The van der Waals surface area contributed by atoms with E-state index >= 15 is 0 Å². The Balaban J connectivity index is 2.86. The van der Waals surface area contributed by atoms with Crippen molar-refractivity contribution in [1.29, 1.82) is 0 Å². The molecule has 5 nitrogen and oxygen atoms in total. The van der Waals surface area contributed by atoms with E-state index in [4.69, 9.17) is 10.9 Å². The largest absolute Gasteiger partial charge is 0.409 e. The molecule has 0 bridgehead atoms. The number of carbonyl (C=O) groups is 1. The fraction of sp³-hybridized carbons (Fsp3) is 0.273. The first-order chi connectivity index (χ1) is 8.88. The van der Waals surface area contributed by atoms with Crippen molar-refractivity contribution in [1.82, 2.24) is 4.90 Å². The molecule has 0 aliphatic heterocycles. The van der Waals surface area contributed by atoms with E-state index in [0.717, 1.165) is 11.0 Å². The van der Waals surface area contributed by atoms with Crippen molar-refractivity contribution in [2.24, 2.45) is 10.9 Å². The lowest BCUT2D eigenvalue weighted by atomic mass is 10.1. The number of amides is 1. The molecule has 0 aliphatic carbocycles. The van der Waals surface area contributed by atoms with E-state index in [1.54, 1.807) is 0 Å². The van der Waals surface area contributed by atoms with Crippen molar-refractivity contribution in [3.8, 4) is 0 Å². The predicted octanol–water partition coefficient (Wildman–Crippen LogP) is 1.31. The van der Waals surface area contributed by atoms with E-state index in [1.165, 1.54) is 7.05 Å². The molecule has 0 atom stereocenters. The second-order valence-electron chi connectivity index (χ2n) is 3.79. The fourth-order valence-corrected chi connectivity index (χ4v) is 1.33. The van der Waals surface area contributed by atoms with Gasteiger partial charge in [-0.05, 0) is 12.1 Å². The molecular formula is C11H12F3N3O2. The predicted molar refractivity (Wildman–Crippen MR) is 61.3 cm³/mol.